The molecule has 12 heavy (non-hydrogen) atoms. The normalized spacial score (nSPS) is 12.4. The summed E-state index contributed by atoms with van der Waals surface area (Å²) in [4.78, 5) is 0. The van der Waals surface area contributed by atoms with Gasteiger partial charge in [-0.25, -0.2) is 4.68 Å². The van der Waals surface area contributed by atoms with Crippen LogP contribution in [-0.4, -0.2) is 26.0 Å². The molecule has 0 aromatic carbocycles. The minimum Gasteiger partial charge on any atom is -0.224 e. The molecule has 0 aliphatic heterocycles. The van der Waals surface area contributed by atoms with Gasteiger partial charge >= 0.3 is 0 Å². The summed E-state index contributed by atoms with van der Waals surface area (Å²) < 4.78 is 1.59. The maximum Gasteiger partial charge on any atom is 0.209 e. The number of aromatic nitrogens is 4. The Balaban J connectivity index is 2.44. The second kappa shape index (κ2) is 4.07. The van der Waals surface area contributed by atoms with E-state index in [1.54, 1.807) is 11.7 Å². The monoisotopic (exact) mass is 183 g/mol. The smallest absolute Gasteiger partial charge is 0.209 e. The van der Waals surface area contributed by atoms with Crippen molar-refractivity contribution in [2.24, 2.45) is 13.0 Å². The van der Waals surface area contributed by atoms with Crippen LogP contribution < -0.4 is 0 Å². The van der Waals surface area contributed by atoms with Gasteiger partial charge in [-0.2, -0.15) is 5.26 Å². The maximum absolute atomic E-state index is 8.51. The van der Waals surface area contributed by atoms with Gasteiger partial charge in [0.25, 0.3) is 0 Å². The molecule has 0 bridgehead atoms. The van der Waals surface area contributed by atoms with Crippen molar-refractivity contribution in [3.05, 3.63) is 0 Å². The summed E-state index contributed by atoms with van der Waals surface area (Å²) >= 11 is 1.49. The summed E-state index contributed by atoms with van der Waals surface area (Å²) in [7, 11) is 1.78. The number of nitriles is 1. The first kappa shape index (κ1) is 9.00. The fourth-order valence-electron chi connectivity index (χ4n) is 0.580. The van der Waals surface area contributed by atoms with Crippen molar-refractivity contribution in [2.75, 3.05) is 5.75 Å². The van der Waals surface area contributed by atoms with Crippen molar-refractivity contribution in [1.29, 1.82) is 5.26 Å². The van der Waals surface area contributed by atoms with Gasteiger partial charge in [0.15, 0.2) is 0 Å². The Hall–Kier alpha value is -1.09. The van der Waals surface area contributed by atoms with Gasteiger partial charge in [-0.3, -0.25) is 0 Å². The third-order valence-corrected chi connectivity index (χ3v) is 2.53. The van der Waals surface area contributed by atoms with Crippen molar-refractivity contribution >= 4 is 11.8 Å². The fourth-order valence-corrected chi connectivity index (χ4v) is 1.37. The van der Waals surface area contributed by atoms with E-state index in [0.29, 0.717) is 0 Å². The minimum absolute atomic E-state index is 0.0340. The van der Waals surface area contributed by atoms with E-state index in [0.717, 1.165) is 10.9 Å². The van der Waals surface area contributed by atoms with Crippen molar-refractivity contribution in [3.63, 3.8) is 0 Å². The van der Waals surface area contributed by atoms with Gasteiger partial charge < -0.3 is 0 Å². The van der Waals surface area contributed by atoms with Crippen LogP contribution >= 0.6 is 11.8 Å². The van der Waals surface area contributed by atoms with Gasteiger partial charge in [0, 0.05) is 12.8 Å². The zero-order chi connectivity index (χ0) is 8.97. The zero-order valence-corrected chi connectivity index (χ0v) is 7.75. The van der Waals surface area contributed by atoms with E-state index in [4.69, 9.17) is 5.26 Å². The third kappa shape index (κ3) is 2.20. The molecule has 1 unspecified atom stereocenters. The van der Waals surface area contributed by atoms with E-state index in [1.807, 2.05) is 6.92 Å². The van der Waals surface area contributed by atoms with Crippen LogP contribution in [-0.2, 0) is 7.05 Å². The molecule has 0 N–H and O–H groups in total. The summed E-state index contributed by atoms with van der Waals surface area (Å²) in [6, 6.07) is 2.15. The first-order valence-electron chi connectivity index (χ1n) is 3.49. The summed E-state index contributed by atoms with van der Waals surface area (Å²) in [5.74, 6) is 0.761. The molecular weight excluding hydrogens is 174 g/mol. The molecule has 1 aromatic rings. The molecule has 5 nitrogen and oxygen atoms in total. The molecule has 0 fully saturated rings. The van der Waals surface area contributed by atoms with Crippen molar-refractivity contribution < 1.29 is 0 Å². The molecule has 1 atom stereocenters. The molecular formula is C6H9N5S. The van der Waals surface area contributed by atoms with Gasteiger partial charge in [0.1, 0.15) is 0 Å². The molecule has 0 aliphatic rings. The molecule has 0 amide bonds. The molecule has 0 spiro atoms. The number of nitrogens with zero attached hydrogens (tertiary/aromatic N) is 5. The highest BCUT2D eigenvalue weighted by molar-refractivity contribution is 7.99. The molecule has 6 heteroatoms. The molecule has 1 heterocycles. The Morgan fingerprint density at radius 2 is 2.50 bits per heavy atom. The maximum atomic E-state index is 8.51. The number of rotatable bonds is 3. The molecule has 1 rings (SSSR count). The Bertz CT molecular complexity index is 288. The van der Waals surface area contributed by atoms with Crippen LogP contribution in [0, 0.1) is 17.2 Å². The number of hydrogen-bond donors (Lipinski definition) is 0. The fraction of sp³-hybridized carbons (Fsp3) is 0.667. The van der Waals surface area contributed by atoms with Crippen LogP contribution in [0.15, 0.2) is 5.16 Å². The van der Waals surface area contributed by atoms with Crippen LogP contribution in [0.3, 0.4) is 0 Å². The van der Waals surface area contributed by atoms with Crippen LogP contribution in [0.2, 0.25) is 0 Å². The highest BCUT2D eigenvalue weighted by Gasteiger charge is 2.05. The number of thioether (sulfide) groups is 1. The van der Waals surface area contributed by atoms with Gasteiger partial charge in [-0.05, 0) is 17.4 Å². The van der Waals surface area contributed by atoms with E-state index >= 15 is 0 Å². The Labute approximate surface area is 74.8 Å². The van der Waals surface area contributed by atoms with Gasteiger partial charge in [-0.1, -0.05) is 11.8 Å². The molecule has 0 saturated carbocycles. The molecule has 0 saturated heterocycles. The minimum atomic E-state index is 0.0340. The van der Waals surface area contributed by atoms with Crippen LogP contribution in [0.5, 0.6) is 0 Å². The SMILES string of the molecule is CC(C#N)CSc1nnnn1C. The van der Waals surface area contributed by atoms with E-state index in [-0.39, 0.29) is 5.92 Å². The first-order valence-corrected chi connectivity index (χ1v) is 4.47. The summed E-state index contributed by atoms with van der Waals surface area (Å²) in [6.45, 7) is 1.87. The molecule has 1 aromatic heterocycles. The summed E-state index contributed by atoms with van der Waals surface area (Å²) in [6.07, 6.45) is 0. The lowest BCUT2D eigenvalue weighted by atomic mass is 10.3. The van der Waals surface area contributed by atoms with E-state index in [1.165, 1.54) is 11.8 Å². The van der Waals surface area contributed by atoms with Crippen LogP contribution in [0.1, 0.15) is 6.92 Å². The highest BCUT2D eigenvalue weighted by atomic mass is 32.2. The van der Waals surface area contributed by atoms with E-state index in [9.17, 15) is 0 Å². The second-order valence-corrected chi connectivity index (χ2v) is 3.41. The summed E-state index contributed by atoms with van der Waals surface area (Å²) in [5, 5.41) is 20.2. The quantitative estimate of drug-likeness (QED) is 0.637. The van der Waals surface area contributed by atoms with Crippen molar-refractivity contribution in [1.82, 2.24) is 20.2 Å². The number of tetrazole rings is 1. The lowest BCUT2D eigenvalue weighted by Crippen LogP contribution is -1.98. The third-order valence-electron chi connectivity index (χ3n) is 1.26. The molecule has 0 aliphatic carbocycles. The van der Waals surface area contributed by atoms with Crippen molar-refractivity contribution in [3.8, 4) is 6.07 Å². The average molecular weight is 183 g/mol. The lowest BCUT2D eigenvalue weighted by Gasteiger charge is -1.99. The zero-order valence-electron chi connectivity index (χ0n) is 6.93. The van der Waals surface area contributed by atoms with E-state index < -0.39 is 0 Å². The van der Waals surface area contributed by atoms with Crippen molar-refractivity contribution in [2.45, 2.75) is 12.1 Å². The Morgan fingerprint density at radius 3 is 3.00 bits per heavy atom. The van der Waals surface area contributed by atoms with Gasteiger partial charge in [-0.15, -0.1) is 5.10 Å². The molecule has 0 radical (unpaired) electrons. The number of hydrogen-bond acceptors (Lipinski definition) is 5. The summed E-state index contributed by atoms with van der Waals surface area (Å²) in [5.41, 5.74) is 0. The highest BCUT2D eigenvalue weighted by Crippen LogP contribution is 2.15. The Kier molecular flexibility index (Phi) is 3.05. The Morgan fingerprint density at radius 1 is 1.75 bits per heavy atom. The second-order valence-electron chi connectivity index (χ2n) is 2.43. The topological polar surface area (TPSA) is 67.4 Å². The predicted molar refractivity (Wildman–Crippen MR) is 44.3 cm³/mol. The van der Waals surface area contributed by atoms with Gasteiger partial charge in [0.2, 0.25) is 5.16 Å². The van der Waals surface area contributed by atoms with Crippen LogP contribution in [0.4, 0.5) is 0 Å². The average Bonchev–Trinajstić information content (AvgIpc) is 2.47. The predicted octanol–water partition coefficient (Wildman–Crippen LogP) is 0.462. The van der Waals surface area contributed by atoms with Gasteiger partial charge in [0.05, 0.1) is 12.0 Å². The largest absolute Gasteiger partial charge is 0.224 e. The number of aryl methyl sites for hydroxylation is 1. The van der Waals surface area contributed by atoms with E-state index in [2.05, 4.69) is 21.6 Å². The lowest BCUT2D eigenvalue weighted by molar-refractivity contribution is 0.663. The standard InChI is InChI=1S/C6H9N5S/c1-5(3-7)4-12-6-8-9-10-11(6)2/h5H,4H2,1-2H3. The molecule has 64 valence electrons. The first-order chi connectivity index (χ1) is 5.74. The van der Waals surface area contributed by atoms with Crippen LogP contribution in [0.25, 0.3) is 0 Å².